The zero-order valence-corrected chi connectivity index (χ0v) is 53.5. The topological polar surface area (TPSA) is 237 Å². The van der Waals surface area contributed by atoms with Crippen LogP contribution in [-0.4, -0.2) is 96.7 Å². The second-order valence-electron chi connectivity index (χ2n) is 22.4. The van der Waals surface area contributed by atoms with Crippen LogP contribution in [0.2, 0.25) is 0 Å². The van der Waals surface area contributed by atoms with Crippen molar-refractivity contribution >= 4 is 39.5 Å². The smallest absolute Gasteiger partial charge is 0.462 e. The van der Waals surface area contributed by atoms with E-state index in [0.29, 0.717) is 25.7 Å². The summed E-state index contributed by atoms with van der Waals surface area (Å²) in [5.41, 5.74) is 0. The lowest BCUT2D eigenvalue weighted by Crippen LogP contribution is -2.30. The molecular weight excluding hydrogens is 1080 g/mol. The average Bonchev–Trinajstić information content (AvgIpc) is 3.44. The number of ether oxygens (including phenoxy) is 4. The van der Waals surface area contributed by atoms with Crippen molar-refractivity contribution in [3.63, 3.8) is 0 Å². The van der Waals surface area contributed by atoms with Crippen molar-refractivity contribution in [2.75, 3.05) is 39.6 Å². The van der Waals surface area contributed by atoms with Crippen molar-refractivity contribution in [2.24, 2.45) is 0 Å². The zero-order chi connectivity index (χ0) is 59.8. The number of aliphatic hydroxyl groups excluding tert-OH is 1. The van der Waals surface area contributed by atoms with Crippen LogP contribution in [-0.2, 0) is 65.4 Å². The van der Waals surface area contributed by atoms with E-state index in [2.05, 4.69) is 27.7 Å². The van der Waals surface area contributed by atoms with Crippen LogP contribution >= 0.6 is 15.6 Å². The molecule has 5 atom stereocenters. The number of phosphoric acid groups is 2. The maximum absolute atomic E-state index is 13.0. The highest BCUT2D eigenvalue weighted by Crippen LogP contribution is 2.45. The second kappa shape index (κ2) is 57.2. The molecule has 0 aliphatic heterocycles. The molecule has 0 spiro atoms. The van der Waals surface area contributed by atoms with E-state index < -0.39 is 97.5 Å². The summed E-state index contributed by atoms with van der Waals surface area (Å²) < 4.78 is 67.8. The van der Waals surface area contributed by atoms with Gasteiger partial charge in [-0.15, -0.1) is 0 Å². The summed E-state index contributed by atoms with van der Waals surface area (Å²) in [6.45, 7) is 4.82. The van der Waals surface area contributed by atoms with E-state index in [9.17, 15) is 43.2 Å². The number of hydrogen-bond acceptors (Lipinski definition) is 15. The summed E-state index contributed by atoms with van der Waals surface area (Å²) in [5.74, 6) is -2.14. The maximum atomic E-state index is 13.0. The van der Waals surface area contributed by atoms with Crippen LogP contribution in [0, 0.1) is 0 Å². The summed E-state index contributed by atoms with van der Waals surface area (Å²) in [6.07, 6.45) is 41.8. The van der Waals surface area contributed by atoms with Gasteiger partial charge in [0.15, 0.2) is 12.2 Å². The van der Waals surface area contributed by atoms with Crippen LogP contribution in [0.15, 0.2) is 0 Å². The molecule has 0 saturated heterocycles. The first-order chi connectivity index (χ1) is 39.2. The highest BCUT2D eigenvalue weighted by Gasteiger charge is 2.30. The van der Waals surface area contributed by atoms with Crippen LogP contribution in [0.4, 0.5) is 0 Å². The van der Waals surface area contributed by atoms with E-state index in [-0.39, 0.29) is 25.7 Å². The molecule has 0 radical (unpaired) electrons. The Morgan fingerprint density at radius 3 is 0.728 bits per heavy atom. The van der Waals surface area contributed by atoms with Gasteiger partial charge < -0.3 is 33.8 Å². The molecular formula is C62H120O17P2. The molecule has 0 bridgehead atoms. The summed E-state index contributed by atoms with van der Waals surface area (Å²) in [4.78, 5) is 71.9. The van der Waals surface area contributed by atoms with E-state index in [1.54, 1.807) is 0 Å². The quantitative estimate of drug-likeness (QED) is 0.0222. The predicted molar refractivity (Wildman–Crippen MR) is 322 cm³/mol. The second-order valence-corrected chi connectivity index (χ2v) is 25.4. The molecule has 0 aliphatic rings. The van der Waals surface area contributed by atoms with Crippen LogP contribution in [0.5, 0.6) is 0 Å². The van der Waals surface area contributed by atoms with Gasteiger partial charge in [-0.25, -0.2) is 9.13 Å². The highest BCUT2D eigenvalue weighted by atomic mass is 31.2. The van der Waals surface area contributed by atoms with Gasteiger partial charge in [-0.2, -0.15) is 0 Å². The molecule has 0 aliphatic carbocycles. The number of hydrogen-bond donors (Lipinski definition) is 3. The third-order valence-electron chi connectivity index (χ3n) is 14.4. The van der Waals surface area contributed by atoms with Gasteiger partial charge in [0.25, 0.3) is 0 Å². The van der Waals surface area contributed by atoms with Crippen molar-refractivity contribution in [2.45, 2.75) is 335 Å². The van der Waals surface area contributed by atoms with E-state index in [1.165, 1.54) is 128 Å². The van der Waals surface area contributed by atoms with Gasteiger partial charge in [0.05, 0.1) is 26.4 Å². The van der Waals surface area contributed by atoms with Crippen molar-refractivity contribution < 1.29 is 80.2 Å². The lowest BCUT2D eigenvalue weighted by atomic mass is 10.0. The number of phosphoric ester groups is 2. The summed E-state index contributed by atoms with van der Waals surface area (Å²) >= 11 is 0. The number of carbonyl (C=O) groups excluding carboxylic acids is 4. The van der Waals surface area contributed by atoms with Gasteiger partial charge >= 0.3 is 39.5 Å². The van der Waals surface area contributed by atoms with E-state index in [1.807, 2.05) is 0 Å². The molecule has 81 heavy (non-hydrogen) atoms. The Hall–Kier alpha value is -1.94. The fraction of sp³-hybridized carbons (Fsp3) is 0.935. The minimum atomic E-state index is -4.94. The fourth-order valence-corrected chi connectivity index (χ4v) is 10.9. The van der Waals surface area contributed by atoms with E-state index in [4.69, 9.17) is 37.0 Å². The fourth-order valence-electron chi connectivity index (χ4n) is 9.28. The average molecular weight is 1200 g/mol. The minimum Gasteiger partial charge on any atom is -0.462 e. The molecule has 0 rings (SSSR count). The van der Waals surface area contributed by atoms with Crippen molar-refractivity contribution in [1.82, 2.24) is 0 Å². The lowest BCUT2D eigenvalue weighted by molar-refractivity contribution is -0.161. The monoisotopic (exact) mass is 1200 g/mol. The third-order valence-corrected chi connectivity index (χ3v) is 16.3. The molecule has 0 amide bonds. The Bertz CT molecular complexity index is 1570. The SMILES string of the molecule is CCCCCCCCCCCCCCCCC(=O)O[C@H](COC(=O)CCCCCCCCCCCCCC)COP(=O)(O)OC[C@@H](O)COP(=O)(O)OC[C@@H](COC(=O)CCCCCCCCC)OC(=O)CCCCCCCCCC. The van der Waals surface area contributed by atoms with Crippen LogP contribution < -0.4 is 0 Å². The van der Waals surface area contributed by atoms with Gasteiger partial charge in [0.1, 0.15) is 19.3 Å². The van der Waals surface area contributed by atoms with Crippen LogP contribution in [0.25, 0.3) is 0 Å². The Labute approximate surface area is 492 Å². The van der Waals surface area contributed by atoms with Crippen LogP contribution in [0.1, 0.15) is 317 Å². The predicted octanol–water partition coefficient (Wildman–Crippen LogP) is 17.2. The standard InChI is InChI=1S/C62H120O17P2/c1-5-9-13-17-21-24-26-28-29-31-33-37-41-45-49-62(67)79-58(53-73-60(65)47-43-39-36-32-30-27-25-22-18-14-10-6-2)55-77-81(70,71)75-51-56(63)50-74-80(68,69)76-54-57(52-72-59(64)46-42-38-34-20-16-12-8-4)78-61(66)48-44-40-35-23-19-15-11-7-3/h56-58,63H,5-55H2,1-4H3,(H,68,69)(H,70,71)/t56-,57+,58+/m0/s1. The molecule has 2 unspecified atom stereocenters. The molecule has 19 heteroatoms. The zero-order valence-electron chi connectivity index (χ0n) is 51.7. The first-order valence-electron chi connectivity index (χ1n) is 32.8. The summed E-state index contributed by atoms with van der Waals surface area (Å²) in [7, 11) is -9.87. The van der Waals surface area contributed by atoms with Gasteiger partial charge in [-0.1, -0.05) is 265 Å². The largest absolute Gasteiger partial charge is 0.472 e. The maximum Gasteiger partial charge on any atom is 0.472 e. The van der Waals surface area contributed by atoms with Crippen molar-refractivity contribution in [1.29, 1.82) is 0 Å². The number of carbonyl (C=O) groups is 4. The highest BCUT2D eigenvalue weighted by molar-refractivity contribution is 7.47. The van der Waals surface area contributed by atoms with Crippen molar-refractivity contribution in [3.05, 3.63) is 0 Å². The number of unbranched alkanes of at least 4 members (excludes halogenated alkanes) is 37. The van der Waals surface area contributed by atoms with Crippen molar-refractivity contribution in [3.8, 4) is 0 Å². The number of esters is 4. The summed E-state index contributed by atoms with van der Waals surface area (Å²) in [6, 6.07) is 0. The molecule has 480 valence electrons. The van der Waals surface area contributed by atoms with Gasteiger partial charge in [0.2, 0.25) is 0 Å². The first-order valence-corrected chi connectivity index (χ1v) is 35.8. The van der Waals surface area contributed by atoms with Gasteiger partial charge in [-0.3, -0.25) is 37.3 Å². The Morgan fingerprint density at radius 2 is 0.494 bits per heavy atom. The van der Waals surface area contributed by atoms with Gasteiger partial charge in [0, 0.05) is 25.7 Å². The number of aliphatic hydroxyl groups is 1. The van der Waals surface area contributed by atoms with E-state index in [0.717, 1.165) is 109 Å². The normalized spacial score (nSPS) is 14.2. The molecule has 3 N–H and O–H groups in total. The summed E-state index contributed by atoms with van der Waals surface area (Å²) in [5, 5.41) is 10.5. The number of rotatable bonds is 63. The Morgan fingerprint density at radius 1 is 0.296 bits per heavy atom. The molecule has 17 nitrogen and oxygen atoms in total. The Kier molecular flexibility index (Phi) is 55.8. The third kappa shape index (κ3) is 56.9. The van der Waals surface area contributed by atoms with Crippen LogP contribution in [0.3, 0.4) is 0 Å². The molecule has 0 fully saturated rings. The molecule has 0 aromatic carbocycles. The first kappa shape index (κ1) is 79.1. The molecule has 0 saturated carbocycles. The Balaban J connectivity index is 5.19. The molecule has 0 aromatic rings. The van der Waals surface area contributed by atoms with E-state index >= 15 is 0 Å². The lowest BCUT2D eigenvalue weighted by Gasteiger charge is -2.21. The molecule has 0 heterocycles. The van der Waals surface area contributed by atoms with Gasteiger partial charge in [-0.05, 0) is 25.7 Å². The molecule has 0 aromatic heterocycles. The minimum absolute atomic E-state index is 0.105.